The van der Waals surface area contributed by atoms with Gasteiger partial charge in [-0.2, -0.15) is 0 Å². The Balaban J connectivity index is 2.64. The third kappa shape index (κ3) is 8.84. The van der Waals surface area contributed by atoms with Crippen LogP contribution in [0, 0.1) is 17.3 Å². The van der Waals surface area contributed by atoms with E-state index in [9.17, 15) is 19.2 Å². The van der Waals surface area contributed by atoms with Gasteiger partial charge in [-0.25, -0.2) is 0 Å². The highest BCUT2D eigenvalue weighted by Gasteiger charge is 2.47. The lowest BCUT2D eigenvalue weighted by molar-refractivity contribution is -0.147. The highest BCUT2D eigenvalue weighted by Crippen LogP contribution is 2.33. The average Bonchev–Trinajstić information content (AvgIpc) is 2.94. The van der Waals surface area contributed by atoms with Gasteiger partial charge in [0.05, 0.1) is 11.1 Å². The van der Waals surface area contributed by atoms with Crippen LogP contribution in [0.4, 0.5) is 0 Å². The summed E-state index contributed by atoms with van der Waals surface area (Å²) in [6.07, 6.45) is 3.30. The van der Waals surface area contributed by atoms with Crippen molar-refractivity contribution >= 4 is 24.0 Å². The summed E-state index contributed by atoms with van der Waals surface area (Å²) in [5.41, 5.74) is -2.15. The second-order valence-electron chi connectivity index (χ2n) is 12.5. The zero-order valence-electron chi connectivity index (χ0n) is 22.5. The number of carbonyl (C=O) groups excluding carboxylic acids is 4. The maximum absolute atomic E-state index is 12.9. The third-order valence-corrected chi connectivity index (χ3v) is 6.57. The van der Waals surface area contributed by atoms with Crippen LogP contribution in [-0.4, -0.2) is 52.2 Å². The van der Waals surface area contributed by atoms with Gasteiger partial charge in [0.2, 0.25) is 17.7 Å². The molecule has 0 aromatic carbocycles. The molecule has 0 spiro atoms. The minimum atomic E-state index is -0.883. The first kappa shape index (κ1) is 29.3. The van der Waals surface area contributed by atoms with E-state index in [1.54, 1.807) is 13.8 Å². The molecule has 1 N–H and O–H groups in total. The number of hydrogen-bond donors (Lipinski definition) is 1. The highest BCUT2D eigenvalue weighted by atomic mass is 16.5. The first-order valence-electron chi connectivity index (χ1n) is 12.1. The van der Waals surface area contributed by atoms with Crippen molar-refractivity contribution in [1.82, 2.24) is 10.2 Å². The summed E-state index contributed by atoms with van der Waals surface area (Å²) in [5, 5.41) is 3.07. The Bertz CT molecular complexity index is 737. The molecule has 1 rings (SSSR count). The topological polar surface area (TPSA) is 92.8 Å². The van der Waals surface area contributed by atoms with Gasteiger partial charge in [-0.05, 0) is 66.7 Å². The molecule has 0 aromatic rings. The Morgan fingerprint density at radius 3 is 2.12 bits per heavy atom. The predicted molar refractivity (Wildman–Crippen MR) is 129 cm³/mol. The van der Waals surface area contributed by atoms with Crippen LogP contribution < -0.4 is 5.32 Å². The molecule has 1 atom stereocenters. The van der Waals surface area contributed by atoms with Crippen molar-refractivity contribution in [2.24, 2.45) is 17.3 Å². The van der Waals surface area contributed by atoms with E-state index in [1.165, 1.54) is 4.90 Å². The Labute approximate surface area is 200 Å². The van der Waals surface area contributed by atoms with Gasteiger partial charge in [-0.3, -0.25) is 19.3 Å². The fraction of sp³-hybridized carbons (Fsp3) is 0.846. The lowest BCUT2D eigenvalue weighted by Gasteiger charge is -2.36. The van der Waals surface area contributed by atoms with Crippen LogP contribution in [-0.2, 0) is 23.9 Å². The quantitative estimate of drug-likeness (QED) is 0.323. The van der Waals surface area contributed by atoms with Gasteiger partial charge >= 0.3 is 0 Å². The molecule has 1 aliphatic rings. The van der Waals surface area contributed by atoms with E-state index in [1.807, 2.05) is 55.4 Å². The number of ether oxygens (including phenoxy) is 1. The molecule has 0 aromatic heterocycles. The molecule has 3 amide bonds. The molecule has 1 saturated heterocycles. The van der Waals surface area contributed by atoms with Gasteiger partial charge in [0.1, 0.15) is 6.29 Å². The van der Waals surface area contributed by atoms with E-state index >= 15 is 0 Å². The van der Waals surface area contributed by atoms with Crippen LogP contribution in [0.15, 0.2) is 0 Å². The van der Waals surface area contributed by atoms with Gasteiger partial charge in [0, 0.05) is 36.3 Å². The standard InChI is InChI=1S/C26H46N2O5/c1-18(2)19-15-21(31)28(22(19)32)25(7,8)16-20(30)27-24(5,6)11-12-26(9,10)33-14-13-23(3,4)17-29/h17-19H,11-16H2,1-10H3,(H,27,30). The Kier molecular flexibility index (Phi) is 9.46. The van der Waals surface area contributed by atoms with Crippen molar-refractivity contribution in [2.45, 2.75) is 118 Å². The van der Waals surface area contributed by atoms with E-state index < -0.39 is 16.5 Å². The maximum Gasteiger partial charge on any atom is 0.233 e. The first-order chi connectivity index (χ1) is 14.8. The smallest absolute Gasteiger partial charge is 0.233 e. The van der Waals surface area contributed by atoms with Crippen molar-refractivity contribution in [3.8, 4) is 0 Å². The number of nitrogens with one attached hydrogen (secondary N) is 1. The van der Waals surface area contributed by atoms with E-state index in [2.05, 4.69) is 5.32 Å². The van der Waals surface area contributed by atoms with Gasteiger partial charge in [-0.1, -0.05) is 27.7 Å². The monoisotopic (exact) mass is 466 g/mol. The van der Waals surface area contributed by atoms with Crippen LogP contribution in [0.5, 0.6) is 0 Å². The van der Waals surface area contributed by atoms with E-state index in [0.717, 1.165) is 12.7 Å². The number of carbonyl (C=O) groups is 4. The zero-order chi connectivity index (χ0) is 25.8. The summed E-state index contributed by atoms with van der Waals surface area (Å²) in [6.45, 7) is 19.7. The second kappa shape index (κ2) is 10.7. The maximum atomic E-state index is 12.9. The van der Waals surface area contributed by atoms with E-state index in [-0.39, 0.29) is 48.0 Å². The SMILES string of the molecule is CC(C)C1CC(=O)N(C(C)(C)CC(=O)NC(C)(C)CCC(C)(C)OCCC(C)(C)C=O)C1=O. The van der Waals surface area contributed by atoms with Crippen LogP contribution in [0.25, 0.3) is 0 Å². The molecular formula is C26H46N2O5. The van der Waals surface area contributed by atoms with Gasteiger partial charge in [0.25, 0.3) is 0 Å². The van der Waals surface area contributed by atoms with Crippen LogP contribution in [0.1, 0.15) is 101 Å². The van der Waals surface area contributed by atoms with Gasteiger partial charge < -0.3 is 14.8 Å². The van der Waals surface area contributed by atoms with Crippen molar-refractivity contribution in [3.05, 3.63) is 0 Å². The van der Waals surface area contributed by atoms with Gasteiger partial charge in [-0.15, -0.1) is 0 Å². The number of aldehydes is 1. The summed E-state index contributed by atoms with van der Waals surface area (Å²) in [7, 11) is 0. The van der Waals surface area contributed by atoms with Crippen molar-refractivity contribution in [3.63, 3.8) is 0 Å². The zero-order valence-corrected chi connectivity index (χ0v) is 22.5. The number of hydrogen-bond acceptors (Lipinski definition) is 5. The molecule has 190 valence electrons. The molecule has 7 heteroatoms. The molecule has 33 heavy (non-hydrogen) atoms. The average molecular weight is 467 g/mol. The highest BCUT2D eigenvalue weighted by molar-refractivity contribution is 6.04. The number of likely N-dealkylation sites (tertiary alicyclic amines) is 1. The second-order valence-corrected chi connectivity index (χ2v) is 12.5. The number of nitrogens with zero attached hydrogens (tertiary/aromatic N) is 1. The summed E-state index contributed by atoms with van der Waals surface area (Å²) >= 11 is 0. The summed E-state index contributed by atoms with van der Waals surface area (Å²) in [4.78, 5) is 50.6. The number of imide groups is 1. The molecular weight excluding hydrogens is 420 g/mol. The molecule has 1 aliphatic heterocycles. The molecule has 7 nitrogen and oxygen atoms in total. The van der Waals surface area contributed by atoms with Crippen molar-refractivity contribution < 1.29 is 23.9 Å². The normalized spacial score (nSPS) is 18.3. The van der Waals surface area contributed by atoms with Crippen molar-refractivity contribution in [2.75, 3.05) is 6.61 Å². The Morgan fingerprint density at radius 2 is 1.64 bits per heavy atom. The Morgan fingerprint density at radius 1 is 1.06 bits per heavy atom. The Hall–Kier alpha value is -1.76. The first-order valence-corrected chi connectivity index (χ1v) is 12.1. The largest absolute Gasteiger partial charge is 0.376 e. The van der Waals surface area contributed by atoms with Crippen LogP contribution >= 0.6 is 0 Å². The lowest BCUT2D eigenvalue weighted by Crippen LogP contribution is -2.53. The molecule has 1 fully saturated rings. The molecule has 0 radical (unpaired) electrons. The van der Waals surface area contributed by atoms with E-state index in [0.29, 0.717) is 19.4 Å². The predicted octanol–water partition coefficient (Wildman–Crippen LogP) is 4.27. The number of amides is 3. The van der Waals surface area contributed by atoms with Crippen LogP contribution in [0.2, 0.25) is 0 Å². The fourth-order valence-electron chi connectivity index (χ4n) is 4.10. The summed E-state index contributed by atoms with van der Waals surface area (Å²) in [6, 6.07) is 0. The molecule has 1 heterocycles. The van der Waals surface area contributed by atoms with Gasteiger partial charge in [0.15, 0.2) is 0 Å². The fourth-order valence-corrected chi connectivity index (χ4v) is 4.10. The number of rotatable bonds is 13. The minimum absolute atomic E-state index is 0.0550. The van der Waals surface area contributed by atoms with Crippen molar-refractivity contribution in [1.29, 1.82) is 0 Å². The van der Waals surface area contributed by atoms with Crippen LogP contribution in [0.3, 0.4) is 0 Å². The third-order valence-electron chi connectivity index (χ3n) is 6.57. The summed E-state index contributed by atoms with van der Waals surface area (Å²) < 4.78 is 6.02. The molecule has 0 saturated carbocycles. The lowest BCUT2D eigenvalue weighted by atomic mass is 9.89. The van der Waals surface area contributed by atoms with E-state index in [4.69, 9.17) is 4.74 Å². The minimum Gasteiger partial charge on any atom is -0.376 e. The molecule has 1 unspecified atom stereocenters. The molecule has 0 aliphatic carbocycles. The molecule has 0 bridgehead atoms. The summed E-state index contributed by atoms with van der Waals surface area (Å²) in [5.74, 6) is -0.790.